The van der Waals surface area contributed by atoms with Crippen molar-refractivity contribution < 1.29 is 13.7 Å². The first kappa shape index (κ1) is 14.7. The average Bonchev–Trinajstić information content (AvgIpc) is 3.06. The molecule has 0 saturated carbocycles. The van der Waals surface area contributed by atoms with Gasteiger partial charge in [-0.1, -0.05) is 5.16 Å². The second-order valence-electron chi connectivity index (χ2n) is 5.44. The smallest absolute Gasteiger partial charge is 0.293 e. The van der Waals surface area contributed by atoms with E-state index in [9.17, 15) is 0 Å². The minimum atomic E-state index is -0.150. The van der Waals surface area contributed by atoms with Crippen LogP contribution in [-0.2, 0) is 11.3 Å². The van der Waals surface area contributed by atoms with Crippen molar-refractivity contribution >= 4 is 0 Å². The Morgan fingerprint density at radius 2 is 2.25 bits per heavy atom. The Hall–Kier alpha value is -1.66. The normalized spacial score (nSPS) is 13.6. The van der Waals surface area contributed by atoms with Crippen LogP contribution in [0, 0.1) is 0 Å². The Morgan fingerprint density at radius 3 is 2.90 bits per heavy atom. The molecule has 2 aromatic rings. The molecule has 0 saturated heterocycles. The predicted octanol–water partition coefficient (Wildman–Crippen LogP) is 2.62. The van der Waals surface area contributed by atoms with Crippen LogP contribution in [0.5, 0.6) is 0 Å². The molecule has 0 aliphatic carbocycles. The number of nitrogens with one attached hydrogen (secondary N) is 1. The number of furan rings is 1. The van der Waals surface area contributed by atoms with E-state index in [1.807, 2.05) is 0 Å². The van der Waals surface area contributed by atoms with Gasteiger partial charge >= 0.3 is 0 Å². The van der Waals surface area contributed by atoms with Gasteiger partial charge in [0.2, 0.25) is 0 Å². The van der Waals surface area contributed by atoms with Crippen molar-refractivity contribution in [3.63, 3.8) is 0 Å². The summed E-state index contributed by atoms with van der Waals surface area (Å²) in [7, 11) is 1.72. The molecule has 0 radical (unpaired) electrons. The van der Waals surface area contributed by atoms with Crippen molar-refractivity contribution in [2.45, 2.75) is 45.4 Å². The first-order chi connectivity index (χ1) is 9.50. The highest BCUT2D eigenvalue weighted by Crippen LogP contribution is 2.18. The lowest BCUT2D eigenvalue weighted by Gasteiger charge is -2.26. The minimum Gasteiger partial charge on any atom is -0.459 e. The third kappa shape index (κ3) is 3.91. The second kappa shape index (κ2) is 6.19. The number of nitrogens with zero attached hydrogens (tertiary/aromatic N) is 2. The van der Waals surface area contributed by atoms with Crippen molar-refractivity contribution in [2.24, 2.45) is 0 Å². The summed E-state index contributed by atoms with van der Waals surface area (Å²) >= 11 is 0. The van der Waals surface area contributed by atoms with Crippen molar-refractivity contribution in [1.29, 1.82) is 0 Å². The zero-order valence-electron chi connectivity index (χ0n) is 12.3. The van der Waals surface area contributed by atoms with Crippen molar-refractivity contribution in [3.05, 3.63) is 24.2 Å². The molecule has 2 aromatic heterocycles. The predicted molar refractivity (Wildman–Crippen MR) is 74.0 cm³/mol. The fourth-order valence-electron chi connectivity index (χ4n) is 1.98. The van der Waals surface area contributed by atoms with Gasteiger partial charge in [0.05, 0.1) is 18.4 Å². The van der Waals surface area contributed by atoms with Crippen molar-refractivity contribution in [3.8, 4) is 11.7 Å². The van der Waals surface area contributed by atoms with Crippen LogP contribution in [0.25, 0.3) is 11.7 Å². The maximum atomic E-state index is 5.41. The summed E-state index contributed by atoms with van der Waals surface area (Å²) in [6.07, 6.45) is 2.47. The van der Waals surface area contributed by atoms with E-state index in [2.05, 4.69) is 36.2 Å². The lowest BCUT2D eigenvalue weighted by atomic mass is 10.00. The lowest BCUT2D eigenvalue weighted by Crippen LogP contribution is -2.35. The molecule has 1 N–H and O–H groups in total. The Labute approximate surface area is 118 Å². The fourth-order valence-corrected chi connectivity index (χ4v) is 1.98. The molecule has 0 spiro atoms. The Bertz CT molecular complexity index is 520. The average molecular weight is 279 g/mol. The van der Waals surface area contributed by atoms with Gasteiger partial charge < -0.3 is 19.0 Å². The van der Waals surface area contributed by atoms with Gasteiger partial charge in [-0.2, -0.15) is 4.98 Å². The zero-order valence-corrected chi connectivity index (χ0v) is 12.3. The van der Waals surface area contributed by atoms with Crippen LogP contribution in [0.4, 0.5) is 0 Å². The molecule has 20 heavy (non-hydrogen) atoms. The molecule has 6 heteroatoms. The second-order valence-corrected chi connectivity index (χ2v) is 5.44. The van der Waals surface area contributed by atoms with Crippen LogP contribution in [0.2, 0.25) is 0 Å². The van der Waals surface area contributed by atoms with Gasteiger partial charge in [0, 0.05) is 13.2 Å². The summed E-state index contributed by atoms with van der Waals surface area (Å²) < 4.78 is 15.8. The van der Waals surface area contributed by atoms with E-state index < -0.39 is 0 Å². The summed E-state index contributed by atoms with van der Waals surface area (Å²) in [5.41, 5.74) is -0.150. The van der Waals surface area contributed by atoms with E-state index in [0.717, 1.165) is 6.42 Å². The number of hydrogen-bond donors (Lipinski definition) is 1. The van der Waals surface area contributed by atoms with Gasteiger partial charge in [-0.15, -0.1) is 0 Å². The number of methoxy groups -OCH3 is 1. The number of aromatic nitrogens is 2. The molecule has 0 amide bonds. The highest BCUT2D eigenvalue weighted by Gasteiger charge is 2.20. The molecular weight excluding hydrogens is 258 g/mol. The molecule has 0 aliphatic rings. The number of rotatable bonds is 7. The fraction of sp³-hybridized carbons (Fsp3) is 0.571. The van der Waals surface area contributed by atoms with E-state index >= 15 is 0 Å². The monoisotopic (exact) mass is 279 g/mol. The van der Waals surface area contributed by atoms with Crippen LogP contribution in [0.3, 0.4) is 0 Å². The van der Waals surface area contributed by atoms with E-state index in [1.165, 1.54) is 0 Å². The molecule has 0 fully saturated rings. The Kier molecular flexibility index (Phi) is 4.57. The first-order valence-corrected chi connectivity index (χ1v) is 6.65. The Morgan fingerprint density at radius 1 is 1.45 bits per heavy atom. The standard InChI is InChI=1S/C14H21N3O3/c1-10(8-14(2,3)18-4)15-9-12-16-13(20-17-12)11-6-5-7-19-11/h5-7,10,15H,8-9H2,1-4H3. The maximum Gasteiger partial charge on any atom is 0.293 e. The van der Waals surface area contributed by atoms with Gasteiger partial charge in [0.25, 0.3) is 5.89 Å². The van der Waals surface area contributed by atoms with E-state index in [0.29, 0.717) is 24.0 Å². The van der Waals surface area contributed by atoms with E-state index in [-0.39, 0.29) is 11.6 Å². The minimum absolute atomic E-state index is 0.150. The summed E-state index contributed by atoms with van der Waals surface area (Å²) in [5, 5.41) is 7.27. The molecule has 110 valence electrons. The molecule has 1 unspecified atom stereocenters. The number of ether oxygens (including phenoxy) is 1. The van der Waals surface area contributed by atoms with Gasteiger partial charge in [-0.05, 0) is 39.3 Å². The van der Waals surface area contributed by atoms with Crippen LogP contribution in [0.15, 0.2) is 27.3 Å². The third-order valence-corrected chi connectivity index (χ3v) is 3.16. The molecule has 0 bridgehead atoms. The van der Waals surface area contributed by atoms with Crippen molar-refractivity contribution in [1.82, 2.24) is 15.5 Å². The van der Waals surface area contributed by atoms with Gasteiger partial charge in [0.1, 0.15) is 0 Å². The molecule has 6 nitrogen and oxygen atoms in total. The van der Waals surface area contributed by atoms with Crippen LogP contribution < -0.4 is 5.32 Å². The summed E-state index contributed by atoms with van der Waals surface area (Å²) in [6.45, 7) is 6.78. The lowest BCUT2D eigenvalue weighted by molar-refractivity contribution is 0.00838. The van der Waals surface area contributed by atoms with Crippen LogP contribution >= 0.6 is 0 Å². The molecule has 0 aromatic carbocycles. The Balaban J connectivity index is 1.86. The zero-order chi connectivity index (χ0) is 14.6. The third-order valence-electron chi connectivity index (χ3n) is 3.16. The highest BCUT2D eigenvalue weighted by molar-refractivity contribution is 5.42. The highest BCUT2D eigenvalue weighted by atomic mass is 16.5. The number of hydrogen-bond acceptors (Lipinski definition) is 6. The van der Waals surface area contributed by atoms with Crippen LogP contribution in [-0.4, -0.2) is 28.9 Å². The van der Waals surface area contributed by atoms with Gasteiger partial charge in [0.15, 0.2) is 11.6 Å². The quantitative estimate of drug-likeness (QED) is 0.840. The first-order valence-electron chi connectivity index (χ1n) is 6.65. The molecule has 2 rings (SSSR count). The van der Waals surface area contributed by atoms with E-state index in [4.69, 9.17) is 13.7 Å². The summed E-state index contributed by atoms with van der Waals surface area (Å²) in [4.78, 5) is 4.28. The van der Waals surface area contributed by atoms with E-state index in [1.54, 1.807) is 25.5 Å². The largest absolute Gasteiger partial charge is 0.459 e. The summed E-state index contributed by atoms with van der Waals surface area (Å²) in [6, 6.07) is 3.86. The van der Waals surface area contributed by atoms with Gasteiger partial charge in [-0.3, -0.25) is 0 Å². The van der Waals surface area contributed by atoms with Crippen LogP contribution in [0.1, 0.15) is 33.0 Å². The molecule has 0 aliphatic heterocycles. The topological polar surface area (TPSA) is 73.3 Å². The van der Waals surface area contributed by atoms with Gasteiger partial charge in [-0.25, -0.2) is 0 Å². The van der Waals surface area contributed by atoms with Crippen molar-refractivity contribution in [2.75, 3.05) is 7.11 Å². The SMILES string of the molecule is COC(C)(C)CC(C)NCc1noc(-c2ccco2)n1. The molecular formula is C14H21N3O3. The summed E-state index contributed by atoms with van der Waals surface area (Å²) in [5.74, 6) is 1.59. The maximum absolute atomic E-state index is 5.41. The molecule has 1 atom stereocenters. The molecule has 2 heterocycles.